The molecule has 0 spiro atoms. The molecule has 1 unspecified atom stereocenters. The van der Waals surface area contributed by atoms with Gasteiger partial charge < -0.3 is 14.2 Å². The molecule has 0 aliphatic carbocycles. The zero-order valence-corrected chi connectivity index (χ0v) is 53.5. The minimum atomic E-state index is -0.780. The molecule has 0 aromatic rings. The zero-order chi connectivity index (χ0) is 58.5. The third-order valence-corrected chi connectivity index (χ3v) is 15.1. The van der Waals surface area contributed by atoms with Crippen LogP contribution in [-0.2, 0) is 28.6 Å². The first-order valence-electron chi connectivity index (χ1n) is 34.7. The first-order valence-corrected chi connectivity index (χ1v) is 34.7. The standard InChI is InChI=1S/C75H130O6/c1-4-7-10-13-16-19-22-24-26-28-30-32-33-34-35-36-37-38-39-40-41-42-43-44-46-47-49-51-53-56-59-62-65-68-74(77)80-71-72(70-79-73(76)67-64-61-58-55-21-18-15-12-9-6-3)81-75(78)69-66-63-60-57-54-52-50-48-45-31-29-27-25-23-20-17-14-11-8-5-2/h7,10,12,15-16,19,24,26,30,32,34-35,37-38,40-41,72H,4-6,8-9,11,13-14,17-18,20-23,25,27-29,31,33,36,39,42-71H2,1-3H3/b10-7-,15-12-,19-16-,26-24-,32-30-,35-34-,38-37-,41-40-. The van der Waals surface area contributed by atoms with Gasteiger partial charge in [-0.15, -0.1) is 0 Å². The van der Waals surface area contributed by atoms with Crippen molar-refractivity contribution in [3.8, 4) is 0 Å². The summed E-state index contributed by atoms with van der Waals surface area (Å²) in [5.41, 5.74) is 0. The smallest absolute Gasteiger partial charge is 0.306 e. The van der Waals surface area contributed by atoms with E-state index < -0.39 is 6.10 Å². The van der Waals surface area contributed by atoms with Crippen molar-refractivity contribution in [2.24, 2.45) is 0 Å². The maximum absolute atomic E-state index is 12.9. The third kappa shape index (κ3) is 67.0. The summed E-state index contributed by atoms with van der Waals surface area (Å²) < 4.78 is 16.9. The Labute approximate surface area is 502 Å². The topological polar surface area (TPSA) is 78.9 Å². The number of hydrogen-bond acceptors (Lipinski definition) is 6. The Morgan fingerprint density at radius 3 is 0.815 bits per heavy atom. The highest BCUT2D eigenvalue weighted by atomic mass is 16.6. The van der Waals surface area contributed by atoms with Gasteiger partial charge in [-0.1, -0.05) is 323 Å². The summed E-state index contributed by atoms with van der Waals surface area (Å²) in [5, 5.41) is 0. The summed E-state index contributed by atoms with van der Waals surface area (Å²) in [6.07, 6.45) is 93.0. The number of ether oxygens (including phenoxy) is 3. The van der Waals surface area contributed by atoms with E-state index in [1.54, 1.807) is 0 Å². The molecule has 0 aromatic carbocycles. The maximum Gasteiger partial charge on any atom is 0.306 e. The van der Waals surface area contributed by atoms with Gasteiger partial charge in [0.2, 0.25) is 0 Å². The van der Waals surface area contributed by atoms with Gasteiger partial charge in [-0.05, 0) is 96.3 Å². The Morgan fingerprint density at radius 2 is 0.506 bits per heavy atom. The fourth-order valence-electron chi connectivity index (χ4n) is 9.90. The van der Waals surface area contributed by atoms with Gasteiger partial charge in [0, 0.05) is 19.3 Å². The van der Waals surface area contributed by atoms with Crippen LogP contribution in [0.2, 0.25) is 0 Å². The number of rotatable bonds is 63. The number of carbonyl (C=O) groups excluding carboxylic acids is 3. The van der Waals surface area contributed by atoms with Crippen LogP contribution in [0, 0.1) is 0 Å². The molecule has 81 heavy (non-hydrogen) atoms. The lowest BCUT2D eigenvalue weighted by atomic mass is 10.0. The van der Waals surface area contributed by atoms with Crippen LogP contribution < -0.4 is 0 Å². The highest BCUT2D eigenvalue weighted by Crippen LogP contribution is 2.17. The van der Waals surface area contributed by atoms with E-state index in [4.69, 9.17) is 14.2 Å². The van der Waals surface area contributed by atoms with Crippen LogP contribution in [-0.4, -0.2) is 37.2 Å². The summed E-state index contributed by atoms with van der Waals surface area (Å²) in [6, 6.07) is 0. The first kappa shape index (κ1) is 77.3. The Bertz CT molecular complexity index is 1580. The maximum atomic E-state index is 12.9. The Kier molecular flexibility index (Phi) is 65.7. The van der Waals surface area contributed by atoms with Crippen LogP contribution >= 0.6 is 0 Å². The van der Waals surface area contributed by atoms with Crippen molar-refractivity contribution in [1.82, 2.24) is 0 Å². The average molecular weight is 1130 g/mol. The Hall–Kier alpha value is -3.67. The van der Waals surface area contributed by atoms with Gasteiger partial charge in [0.1, 0.15) is 13.2 Å². The lowest BCUT2D eigenvalue weighted by Gasteiger charge is -2.18. The van der Waals surface area contributed by atoms with Crippen LogP contribution in [0.4, 0.5) is 0 Å². The highest BCUT2D eigenvalue weighted by molar-refractivity contribution is 5.71. The molecule has 0 bridgehead atoms. The molecule has 1 atom stereocenters. The summed E-state index contributed by atoms with van der Waals surface area (Å²) in [7, 11) is 0. The molecule has 466 valence electrons. The SMILES string of the molecule is CC/C=C\C/C=C\C/C=C\C/C=C\C/C=C\C/C=C\C/C=C\CCCCCCCCCCCCCC(=O)OCC(COC(=O)CCCCCCC/C=C\CCC)OC(=O)CCCCCCCCCCCCCCCCCCCCCC. The fourth-order valence-corrected chi connectivity index (χ4v) is 9.90. The van der Waals surface area contributed by atoms with Gasteiger partial charge in [-0.2, -0.15) is 0 Å². The second-order valence-electron chi connectivity index (χ2n) is 23.1. The van der Waals surface area contributed by atoms with Crippen molar-refractivity contribution in [2.75, 3.05) is 13.2 Å². The minimum Gasteiger partial charge on any atom is -0.462 e. The fraction of sp³-hybridized carbons (Fsp3) is 0.747. The lowest BCUT2D eigenvalue weighted by Crippen LogP contribution is -2.30. The summed E-state index contributed by atoms with van der Waals surface area (Å²) >= 11 is 0. The molecule has 0 aliphatic heterocycles. The molecule has 0 heterocycles. The number of hydrogen-bond donors (Lipinski definition) is 0. The molecule has 0 fully saturated rings. The Balaban J connectivity index is 4.17. The van der Waals surface area contributed by atoms with Crippen LogP contribution in [0.5, 0.6) is 0 Å². The summed E-state index contributed by atoms with van der Waals surface area (Å²) in [4.78, 5) is 38.3. The third-order valence-electron chi connectivity index (χ3n) is 15.1. The van der Waals surface area contributed by atoms with Gasteiger partial charge in [-0.3, -0.25) is 14.4 Å². The van der Waals surface area contributed by atoms with Gasteiger partial charge >= 0.3 is 17.9 Å². The molecule has 0 saturated heterocycles. The van der Waals surface area contributed by atoms with Gasteiger partial charge in [0.15, 0.2) is 6.10 Å². The van der Waals surface area contributed by atoms with Crippen LogP contribution in [0.3, 0.4) is 0 Å². The molecule has 6 nitrogen and oxygen atoms in total. The van der Waals surface area contributed by atoms with Crippen molar-refractivity contribution >= 4 is 17.9 Å². The number of carbonyl (C=O) groups is 3. The van der Waals surface area contributed by atoms with Gasteiger partial charge in [-0.25, -0.2) is 0 Å². The zero-order valence-electron chi connectivity index (χ0n) is 53.5. The second-order valence-corrected chi connectivity index (χ2v) is 23.1. The van der Waals surface area contributed by atoms with Crippen LogP contribution in [0.25, 0.3) is 0 Å². The number of esters is 3. The van der Waals surface area contributed by atoms with E-state index in [0.29, 0.717) is 19.3 Å². The predicted molar refractivity (Wildman–Crippen MR) is 353 cm³/mol. The van der Waals surface area contributed by atoms with Crippen LogP contribution in [0.1, 0.15) is 342 Å². The van der Waals surface area contributed by atoms with E-state index in [9.17, 15) is 14.4 Å². The molecular formula is C75H130O6. The monoisotopic (exact) mass is 1130 g/mol. The van der Waals surface area contributed by atoms with Crippen molar-refractivity contribution in [1.29, 1.82) is 0 Å². The highest BCUT2D eigenvalue weighted by Gasteiger charge is 2.19. The van der Waals surface area contributed by atoms with E-state index in [2.05, 4.69) is 118 Å². The molecule has 6 heteroatoms. The Morgan fingerprint density at radius 1 is 0.259 bits per heavy atom. The summed E-state index contributed by atoms with van der Waals surface area (Å²) in [5.74, 6) is -0.875. The molecule has 0 saturated carbocycles. The second kappa shape index (κ2) is 68.8. The largest absolute Gasteiger partial charge is 0.462 e. The van der Waals surface area contributed by atoms with E-state index in [1.165, 1.54) is 186 Å². The van der Waals surface area contributed by atoms with Crippen LogP contribution in [0.15, 0.2) is 97.2 Å². The molecule has 0 rings (SSSR count). The normalized spacial score (nSPS) is 12.7. The average Bonchev–Trinajstić information content (AvgIpc) is 3.47. The first-order chi connectivity index (χ1) is 40.0. The van der Waals surface area contributed by atoms with E-state index in [-0.39, 0.29) is 31.1 Å². The molecule has 0 radical (unpaired) electrons. The number of unbranched alkanes of at least 4 members (excludes halogenated alkanes) is 36. The quantitative estimate of drug-likeness (QED) is 0.0261. The van der Waals surface area contributed by atoms with E-state index in [1.807, 2.05) is 0 Å². The molecule has 0 N–H and O–H groups in total. The van der Waals surface area contributed by atoms with Gasteiger partial charge in [0.05, 0.1) is 0 Å². The van der Waals surface area contributed by atoms with Crippen molar-refractivity contribution in [3.05, 3.63) is 97.2 Å². The minimum absolute atomic E-state index is 0.0778. The summed E-state index contributed by atoms with van der Waals surface area (Å²) in [6.45, 7) is 6.50. The van der Waals surface area contributed by atoms with Crippen molar-refractivity contribution < 1.29 is 28.6 Å². The van der Waals surface area contributed by atoms with E-state index in [0.717, 1.165) is 116 Å². The van der Waals surface area contributed by atoms with Crippen molar-refractivity contribution in [3.63, 3.8) is 0 Å². The van der Waals surface area contributed by atoms with E-state index >= 15 is 0 Å². The van der Waals surface area contributed by atoms with Gasteiger partial charge in [0.25, 0.3) is 0 Å². The van der Waals surface area contributed by atoms with Crippen molar-refractivity contribution in [2.45, 2.75) is 348 Å². The predicted octanol–water partition coefficient (Wildman–Crippen LogP) is 24.0. The molecule has 0 amide bonds. The molecular weight excluding hydrogens is 997 g/mol. The number of allylic oxidation sites excluding steroid dienone is 16. The molecule has 0 aromatic heterocycles. The molecule has 0 aliphatic rings. The lowest BCUT2D eigenvalue weighted by molar-refractivity contribution is -0.167.